The van der Waals surface area contributed by atoms with Crippen LogP contribution in [0.1, 0.15) is 30.9 Å². The molecule has 0 atom stereocenters. The first-order valence-electron chi connectivity index (χ1n) is 13.1. The van der Waals surface area contributed by atoms with Crippen LogP contribution in [0.3, 0.4) is 0 Å². The third-order valence-electron chi connectivity index (χ3n) is 6.65. The van der Waals surface area contributed by atoms with Crippen molar-refractivity contribution in [2.75, 3.05) is 17.2 Å². The van der Waals surface area contributed by atoms with Crippen molar-refractivity contribution < 1.29 is 9.53 Å². The average Bonchev–Trinajstić information content (AvgIpc) is 3.69. The largest absolute Gasteiger partial charge is 0.447 e. The van der Waals surface area contributed by atoms with E-state index in [9.17, 15) is 4.79 Å². The van der Waals surface area contributed by atoms with Crippen LogP contribution in [-0.4, -0.2) is 46.6 Å². The number of aromatic nitrogens is 7. The molecule has 0 fully saturated rings. The number of ether oxygens (including phenoxy) is 1. The molecule has 40 heavy (non-hydrogen) atoms. The molecule has 0 spiro atoms. The van der Waals surface area contributed by atoms with E-state index in [1.807, 2.05) is 45.9 Å². The van der Waals surface area contributed by atoms with Crippen LogP contribution in [0, 0.1) is 0 Å². The molecule has 0 aliphatic carbocycles. The highest BCUT2D eigenvalue weighted by atomic mass is 16.5. The van der Waals surface area contributed by atoms with Crippen molar-refractivity contribution in [2.45, 2.75) is 32.9 Å². The highest BCUT2D eigenvalue weighted by molar-refractivity contribution is 5.92. The van der Waals surface area contributed by atoms with Crippen molar-refractivity contribution in [1.82, 2.24) is 33.9 Å². The molecule has 0 radical (unpaired) electrons. The normalized spacial score (nSPS) is 11.4. The zero-order valence-electron chi connectivity index (χ0n) is 22.2. The molecule has 1 amide bonds. The summed E-state index contributed by atoms with van der Waals surface area (Å²) in [6.45, 7) is 5.58. The number of hydrogen-bond donors (Lipinski definition) is 2. The standard InChI is InChI=1S/C29H29N9O2/c1-20(2)26-24(35-29(39)40-13-12-36-11-10-30-19-36)17-38-27(26)28(31-18-33-38)34-23-8-9-25-22(14-23)15-32-37(25)16-21-6-4-3-5-7-21/h3-11,14-15,17-20H,12-13,16H2,1-2H3,(H,35,39)(H,31,33,34). The van der Waals surface area contributed by atoms with Crippen LogP contribution < -0.4 is 10.6 Å². The number of carbonyl (C=O) groups excluding carboxylic acids is 1. The summed E-state index contributed by atoms with van der Waals surface area (Å²) in [5, 5.41) is 16.3. The molecule has 6 aromatic rings. The van der Waals surface area contributed by atoms with Gasteiger partial charge in [0.25, 0.3) is 0 Å². The van der Waals surface area contributed by atoms with Crippen LogP contribution in [0.15, 0.2) is 86.0 Å². The van der Waals surface area contributed by atoms with Crippen molar-refractivity contribution in [3.8, 4) is 0 Å². The number of rotatable bonds is 9. The van der Waals surface area contributed by atoms with Crippen LogP contribution in [0.5, 0.6) is 0 Å². The number of nitrogens with zero attached hydrogens (tertiary/aromatic N) is 7. The van der Waals surface area contributed by atoms with Crippen LogP contribution in [0.25, 0.3) is 16.4 Å². The minimum absolute atomic E-state index is 0.0801. The molecule has 0 saturated carbocycles. The van der Waals surface area contributed by atoms with Gasteiger partial charge in [0.1, 0.15) is 18.5 Å². The Hall–Kier alpha value is -5.19. The Balaban J connectivity index is 1.23. The van der Waals surface area contributed by atoms with E-state index in [4.69, 9.17) is 4.74 Å². The summed E-state index contributed by atoms with van der Waals surface area (Å²) in [6, 6.07) is 16.4. The zero-order valence-corrected chi connectivity index (χ0v) is 22.2. The number of anilines is 3. The van der Waals surface area contributed by atoms with Gasteiger partial charge in [-0.05, 0) is 29.7 Å². The van der Waals surface area contributed by atoms with Gasteiger partial charge in [0, 0.05) is 29.0 Å². The van der Waals surface area contributed by atoms with Crippen LogP contribution in [0.2, 0.25) is 0 Å². The molecule has 2 N–H and O–H groups in total. The first-order valence-corrected chi connectivity index (χ1v) is 13.1. The lowest BCUT2D eigenvalue weighted by Gasteiger charge is -2.13. The Kier molecular flexibility index (Phi) is 6.84. The first kappa shape index (κ1) is 25.1. The summed E-state index contributed by atoms with van der Waals surface area (Å²) >= 11 is 0. The molecule has 0 aliphatic heterocycles. The third kappa shape index (κ3) is 5.21. The second-order valence-electron chi connectivity index (χ2n) is 9.76. The number of hydrogen-bond acceptors (Lipinski definition) is 7. The second-order valence-corrected chi connectivity index (χ2v) is 9.76. The molecule has 4 heterocycles. The number of carbonyl (C=O) groups is 1. The number of amides is 1. The molecule has 0 bridgehead atoms. The van der Waals surface area contributed by atoms with Crippen LogP contribution in [0.4, 0.5) is 22.0 Å². The van der Waals surface area contributed by atoms with Crippen molar-refractivity contribution in [3.63, 3.8) is 0 Å². The molecule has 0 saturated heterocycles. The Bertz CT molecular complexity index is 1760. The lowest BCUT2D eigenvalue weighted by Crippen LogP contribution is -2.17. The van der Waals surface area contributed by atoms with Gasteiger partial charge in [-0.25, -0.2) is 19.3 Å². The summed E-state index contributed by atoms with van der Waals surface area (Å²) < 4.78 is 11.0. The van der Waals surface area contributed by atoms with Gasteiger partial charge in [0.05, 0.1) is 43.0 Å². The number of benzene rings is 2. The van der Waals surface area contributed by atoms with Gasteiger partial charge in [-0.15, -0.1) is 0 Å². The molecule has 2 aromatic carbocycles. The predicted octanol–water partition coefficient (Wildman–Crippen LogP) is 5.44. The third-order valence-corrected chi connectivity index (χ3v) is 6.65. The Morgan fingerprint density at radius 2 is 1.98 bits per heavy atom. The Morgan fingerprint density at radius 1 is 1.10 bits per heavy atom. The van der Waals surface area contributed by atoms with Gasteiger partial charge in [0.15, 0.2) is 5.82 Å². The summed E-state index contributed by atoms with van der Waals surface area (Å²) in [7, 11) is 0. The highest BCUT2D eigenvalue weighted by Crippen LogP contribution is 2.35. The van der Waals surface area contributed by atoms with Gasteiger partial charge in [-0.1, -0.05) is 44.2 Å². The molecule has 202 valence electrons. The summed E-state index contributed by atoms with van der Waals surface area (Å²) in [5.74, 6) is 0.716. The number of imidazole rings is 1. The second kappa shape index (κ2) is 10.9. The van der Waals surface area contributed by atoms with Gasteiger partial charge < -0.3 is 14.6 Å². The SMILES string of the molecule is CC(C)c1c(NC(=O)OCCn2ccnc2)cn2ncnc(Nc3ccc4c(cnn4Cc4ccccc4)c3)c12. The fourth-order valence-corrected chi connectivity index (χ4v) is 4.80. The first-order chi connectivity index (χ1) is 19.5. The van der Waals surface area contributed by atoms with E-state index in [1.165, 1.54) is 11.9 Å². The minimum Gasteiger partial charge on any atom is -0.447 e. The summed E-state index contributed by atoms with van der Waals surface area (Å²) in [5.41, 5.74) is 5.43. The van der Waals surface area contributed by atoms with E-state index in [2.05, 4.69) is 68.9 Å². The zero-order chi connectivity index (χ0) is 27.5. The van der Waals surface area contributed by atoms with E-state index in [-0.39, 0.29) is 12.5 Å². The topological polar surface area (TPSA) is 116 Å². The fourth-order valence-electron chi connectivity index (χ4n) is 4.80. The maximum absolute atomic E-state index is 12.6. The average molecular weight is 536 g/mol. The molecule has 6 rings (SSSR count). The van der Waals surface area contributed by atoms with Gasteiger partial charge in [0.2, 0.25) is 0 Å². The van der Waals surface area contributed by atoms with Crippen molar-refractivity contribution in [2.24, 2.45) is 0 Å². The molecule has 4 aromatic heterocycles. The number of fused-ring (bicyclic) bond motifs is 2. The van der Waals surface area contributed by atoms with Crippen molar-refractivity contribution in [3.05, 3.63) is 97.1 Å². The number of nitrogens with one attached hydrogen (secondary N) is 2. The van der Waals surface area contributed by atoms with E-state index in [0.29, 0.717) is 24.6 Å². The quantitative estimate of drug-likeness (QED) is 0.253. The summed E-state index contributed by atoms with van der Waals surface area (Å²) in [4.78, 5) is 21.1. The van der Waals surface area contributed by atoms with Crippen molar-refractivity contribution >= 4 is 39.7 Å². The van der Waals surface area contributed by atoms with Crippen LogP contribution in [-0.2, 0) is 17.8 Å². The lowest BCUT2D eigenvalue weighted by molar-refractivity contribution is 0.157. The molecule has 11 heteroatoms. The van der Waals surface area contributed by atoms with Gasteiger partial charge in [-0.2, -0.15) is 10.2 Å². The predicted molar refractivity (Wildman–Crippen MR) is 153 cm³/mol. The van der Waals surface area contributed by atoms with Gasteiger partial charge in [-0.3, -0.25) is 10.00 Å². The van der Waals surface area contributed by atoms with E-state index < -0.39 is 6.09 Å². The smallest absolute Gasteiger partial charge is 0.411 e. The van der Waals surface area contributed by atoms with Crippen LogP contribution >= 0.6 is 0 Å². The highest BCUT2D eigenvalue weighted by Gasteiger charge is 2.21. The molecule has 11 nitrogen and oxygen atoms in total. The molecule has 0 unspecified atom stereocenters. The Labute approximate surface area is 230 Å². The van der Waals surface area contributed by atoms with E-state index in [1.54, 1.807) is 23.2 Å². The minimum atomic E-state index is -0.529. The van der Waals surface area contributed by atoms with Crippen molar-refractivity contribution in [1.29, 1.82) is 0 Å². The lowest BCUT2D eigenvalue weighted by atomic mass is 10.0. The molecular formula is C29H29N9O2. The molecule has 0 aliphatic rings. The van der Waals surface area contributed by atoms with E-state index >= 15 is 0 Å². The van der Waals surface area contributed by atoms with Gasteiger partial charge >= 0.3 is 6.09 Å². The monoisotopic (exact) mass is 535 g/mol. The molecular weight excluding hydrogens is 506 g/mol. The fraction of sp³-hybridized carbons (Fsp3) is 0.207. The Morgan fingerprint density at radius 3 is 2.77 bits per heavy atom. The maximum atomic E-state index is 12.6. The summed E-state index contributed by atoms with van der Waals surface area (Å²) in [6.07, 6.45) is 9.80. The maximum Gasteiger partial charge on any atom is 0.411 e. The van der Waals surface area contributed by atoms with E-state index in [0.717, 1.165) is 27.7 Å².